The maximum absolute atomic E-state index is 12.5. The van der Waals surface area contributed by atoms with Crippen molar-refractivity contribution in [2.75, 3.05) is 12.0 Å². The normalized spacial score (nSPS) is 16.3. The van der Waals surface area contributed by atoms with Crippen LogP contribution in [-0.2, 0) is 9.59 Å². The van der Waals surface area contributed by atoms with Gasteiger partial charge in [-0.3, -0.25) is 9.59 Å². The molecular weight excluding hydrogens is 314 g/mol. The number of ether oxygens (including phenoxy) is 1. The Kier molecular flexibility index (Phi) is 4.17. The predicted molar refractivity (Wildman–Crippen MR) is 89.5 cm³/mol. The molecule has 116 valence electrons. The summed E-state index contributed by atoms with van der Waals surface area (Å²) in [6, 6.07) is 14.1. The second kappa shape index (κ2) is 6.26. The van der Waals surface area contributed by atoms with Crippen LogP contribution < -0.4 is 9.64 Å². The van der Waals surface area contributed by atoms with Gasteiger partial charge in [0.05, 0.1) is 24.2 Å². The molecule has 3 rings (SSSR count). The Bertz CT molecular complexity index is 799. The fourth-order valence-electron chi connectivity index (χ4n) is 2.50. The number of hydrogen-bond donors (Lipinski definition) is 0. The molecule has 0 aliphatic carbocycles. The van der Waals surface area contributed by atoms with E-state index in [2.05, 4.69) is 0 Å². The molecule has 0 aromatic heterocycles. The fourth-order valence-corrected chi connectivity index (χ4v) is 2.77. The molecule has 0 atom stereocenters. The van der Waals surface area contributed by atoms with Crippen molar-refractivity contribution in [2.45, 2.75) is 6.42 Å². The van der Waals surface area contributed by atoms with Crippen LogP contribution in [0.15, 0.2) is 54.1 Å². The number of rotatable bonds is 3. The van der Waals surface area contributed by atoms with E-state index < -0.39 is 0 Å². The molecule has 0 N–H and O–H groups in total. The van der Waals surface area contributed by atoms with Crippen LogP contribution in [0.3, 0.4) is 0 Å². The third-order valence-corrected chi connectivity index (χ3v) is 3.90. The van der Waals surface area contributed by atoms with Gasteiger partial charge < -0.3 is 4.74 Å². The topological polar surface area (TPSA) is 46.6 Å². The number of benzene rings is 2. The Morgan fingerprint density at radius 1 is 1.13 bits per heavy atom. The van der Waals surface area contributed by atoms with Crippen LogP contribution in [0.2, 0.25) is 5.02 Å². The molecule has 23 heavy (non-hydrogen) atoms. The van der Waals surface area contributed by atoms with Crippen molar-refractivity contribution in [3.63, 3.8) is 0 Å². The van der Waals surface area contributed by atoms with Gasteiger partial charge in [-0.05, 0) is 35.9 Å². The van der Waals surface area contributed by atoms with Gasteiger partial charge in [0, 0.05) is 5.57 Å². The molecule has 2 amide bonds. The molecule has 1 aliphatic heterocycles. The minimum Gasteiger partial charge on any atom is -0.495 e. The maximum Gasteiger partial charge on any atom is 0.261 e. The molecule has 0 unspecified atom stereocenters. The largest absolute Gasteiger partial charge is 0.495 e. The number of imide groups is 1. The molecule has 0 radical (unpaired) electrons. The number of carbonyl (C=O) groups excluding carboxylic acids is 2. The Morgan fingerprint density at radius 2 is 1.87 bits per heavy atom. The fraction of sp³-hybridized carbons (Fsp3) is 0.111. The van der Waals surface area contributed by atoms with Gasteiger partial charge in [-0.15, -0.1) is 0 Å². The Balaban J connectivity index is 1.91. The van der Waals surface area contributed by atoms with Crippen molar-refractivity contribution in [3.05, 3.63) is 64.7 Å². The lowest BCUT2D eigenvalue weighted by molar-refractivity contribution is -0.120. The van der Waals surface area contributed by atoms with E-state index in [9.17, 15) is 9.59 Å². The molecule has 0 spiro atoms. The summed E-state index contributed by atoms with van der Waals surface area (Å²) in [5, 5.41) is 0.457. The summed E-state index contributed by atoms with van der Waals surface area (Å²) in [5.74, 6) is 0.0359. The highest BCUT2D eigenvalue weighted by Crippen LogP contribution is 2.29. The van der Waals surface area contributed by atoms with Crippen molar-refractivity contribution in [1.82, 2.24) is 0 Å². The summed E-state index contributed by atoms with van der Waals surface area (Å²) in [4.78, 5) is 25.9. The van der Waals surface area contributed by atoms with E-state index in [1.165, 1.54) is 12.0 Å². The molecule has 0 bridgehead atoms. The lowest BCUT2D eigenvalue weighted by Gasteiger charge is -2.12. The highest BCUT2D eigenvalue weighted by Gasteiger charge is 2.34. The first-order valence-corrected chi connectivity index (χ1v) is 7.44. The van der Waals surface area contributed by atoms with Crippen molar-refractivity contribution < 1.29 is 14.3 Å². The van der Waals surface area contributed by atoms with Crippen molar-refractivity contribution in [3.8, 4) is 5.75 Å². The lowest BCUT2D eigenvalue weighted by atomic mass is 10.1. The molecule has 1 heterocycles. The zero-order valence-corrected chi connectivity index (χ0v) is 13.2. The molecule has 5 heteroatoms. The molecule has 2 aromatic carbocycles. The van der Waals surface area contributed by atoms with Crippen molar-refractivity contribution in [1.29, 1.82) is 0 Å². The van der Waals surface area contributed by atoms with Crippen LogP contribution in [0.1, 0.15) is 12.0 Å². The van der Waals surface area contributed by atoms with Crippen LogP contribution in [0.4, 0.5) is 5.69 Å². The standard InChI is InChI=1S/C18H14ClNO3/c1-23-16-8-7-12(10-15(16)19)9-13-11-17(21)20(18(13)22)14-5-3-2-4-6-14/h2-10H,11H2,1H3/b13-9+. The second-order valence-electron chi connectivity index (χ2n) is 5.11. The molecule has 1 fully saturated rings. The monoisotopic (exact) mass is 327 g/mol. The predicted octanol–water partition coefficient (Wildman–Crippen LogP) is 3.70. The number of halogens is 1. The Labute approximate surface area is 138 Å². The summed E-state index contributed by atoms with van der Waals surface area (Å²) < 4.78 is 5.10. The van der Waals surface area contributed by atoms with E-state index in [0.717, 1.165) is 5.56 Å². The van der Waals surface area contributed by atoms with Gasteiger partial charge in [0.15, 0.2) is 0 Å². The van der Waals surface area contributed by atoms with Gasteiger partial charge in [0.1, 0.15) is 5.75 Å². The van der Waals surface area contributed by atoms with Crippen molar-refractivity contribution in [2.24, 2.45) is 0 Å². The van der Waals surface area contributed by atoms with Gasteiger partial charge in [0.2, 0.25) is 5.91 Å². The van der Waals surface area contributed by atoms with E-state index in [1.54, 1.807) is 48.5 Å². The third-order valence-electron chi connectivity index (χ3n) is 3.60. The zero-order valence-electron chi connectivity index (χ0n) is 12.5. The smallest absolute Gasteiger partial charge is 0.261 e. The Morgan fingerprint density at radius 3 is 2.52 bits per heavy atom. The van der Waals surface area contributed by atoms with E-state index >= 15 is 0 Å². The highest BCUT2D eigenvalue weighted by atomic mass is 35.5. The molecule has 0 saturated carbocycles. The summed E-state index contributed by atoms with van der Waals surface area (Å²) in [6.07, 6.45) is 1.77. The summed E-state index contributed by atoms with van der Waals surface area (Å²) >= 11 is 6.09. The average Bonchev–Trinajstić information content (AvgIpc) is 2.82. The van der Waals surface area contributed by atoms with Crippen molar-refractivity contribution >= 4 is 35.2 Å². The minimum absolute atomic E-state index is 0.0807. The highest BCUT2D eigenvalue weighted by molar-refractivity contribution is 6.32. The molecule has 4 nitrogen and oxygen atoms in total. The number of nitrogens with zero attached hydrogens (tertiary/aromatic N) is 1. The SMILES string of the molecule is COc1ccc(/C=C2\CC(=O)N(c3ccccc3)C2=O)cc1Cl. The quantitative estimate of drug-likeness (QED) is 0.638. The van der Waals surface area contributed by atoms with Gasteiger partial charge >= 0.3 is 0 Å². The lowest BCUT2D eigenvalue weighted by Crippen LogP contribution is -2.28. The molecule has 2 aromatic rings. The van der Waals surface area contributed by atoms with Crippen LogP contribution >= 0.6 is 11.6 Å². The Hall–Kier alpha value is -2.59. The van der Waals surface area contributed by atoms with E-state index in [-0.39, 0.29) is 18.2 Å². The van der Waals surface area contributed by atoms with Crippen LogP contribution in [0, 0.1) is 0 Å². The first kappa shape index (κ1) is 15.3. The summed E-state index contributed by atoms with van der Waals surface area (Å²) in [7, 11) is 1.54. The van der Waals surface area contributed by atoms with E-state index in [4.69, 9.17) is 16.3 Å². The summed E-state index contributed by atoms with van der Waals surface area (Å²) in [6.45, 7) is 0. The number of carbonyl (C=O) groups is 2. The number of anilines is 1. The second-order valence-corrected chi connectivity index (χ2v) is 5.52. The van der Waals surface area contributed by atoms with Gasteiger partial charge in [-0.1, -0.05) is 35.9 Å². The number of hydrogen-bond acceptors (Lipinski definition) is 3. The molecular formula is C18H14ClNO3. The van der Waals surface area contributed by atoms with Crippen LogP contribution in [-0.4, -0.2) is 18.9 Å². The first-order chi connectivity index (χ1) is 11.1. The third kappa shape index (κ3) is 2.98. The van der Waals surface area contributed by atoms with Gasteiger partial charge in [0.25, 0.3) is 5.91 Å². The molecule has 1 saturated heterocycles. The zero-order chi connectivity index (χ0) is 16.4. The summed E-state index contributed by atoms with van der Waals surface area (Å²) in [5.41, 5.74) is 1.78. The maximum atomic E-state index is 12.5. The number of para-hydroxylation sites is 1. The number of methoxy groups -OCH3 is 1. The van der Waals surface area contributed by atoms with Gasteiger partial charge in [-0.2, -0.15) is 0 Å². The molecule has 1 aliphatic rings. The van der Waals surface area contributed by atoms with E-state index in [1.807, 2.05) is 6.07 Å². The average molecular weight is 328 g/mol. The van der Waals surface area contributed by atoms with Gasteiger partial charge in [-0.25, -0.2) is 4.90 Å². The van der Waals surface area contributed by atoms with E-state index in [0.29, 0.717) is 22.0 Å². The number of amides is 2. The first-order valence-electron chi connectivity index (χ1n) is 7.06. The minimum atomic E-state index is -0.298. The van der Waals surface area contributed by atoms with Crippen LogP contribution in [0.25, 0.3) is 6.08 Å². The van der Waals surface area contributed by atoms with Crippen LogP contribution in [0.5, 0.6) is 5.75 Å².